The first-order valence-corrected chi connectivity index (χ1v) is 14.8. The van der Waals surface area contributed by atoms with E-state index in [-0.39, 0.29) is 49.9 Å². The molecule has 3 aliphatic heterocycles. The Morgan fingerprint density at radius 2 is 1.98 bits per heavy atom. The summed E-state index contributed by atoms with van der Waals surface area (Å²) in [5.41, 5.74) is -0.377. The van der Waals surface area contributed by atoms with Crippen molar-refractivity contribution in [1.29, 1.82) is 0 Å². The standard InChI is InChI=1S/C32H43N3O7/c1-5-7-14-25(37)41-20-23(22-12-9-8-10-13-22)33-29(38)26-24-15-16-32(42-24)27(26)30(39)35(18-11-19-36)28(32)31(40)34(17-6-2)21(3)4/h5-6,8-10,12-13,21,23-24,26-28,36H,1-2,7,11,14-20H2,3-4H3,(H,33,38)/t23-,24-,26+,27+,28-,32+/m1/s1. The van der Waals surface area contributed by atoms with Crippen LogP contribution in [0.4, 0.5) is 0 Å². The fourth-order valence-corrected chi connectivity index (χ4v) is 6.71. The first kappa shape index (κ1) is 31.4. The number of likely N-dealkylation sites (tertiary alicyclic amines) is 1. The maximum Gasteiger partial charge on any atom is 0.306 e. The molecule has 42 heavy (non-hydrogen) atoms. The lowest BCUT2D eigenvalue weighted by molar-refractivity contribution is -0.149. The Bertz CT molecular complexity index is 1170. The van der Waals surface area contributed by atoms with E-state index in [2.05, 4.69) is 18.5 Å². The van der Waals surface area contributed by atoms with E-state index in [0.29, 0.717) is 32.2 Å². The topological polar surface area (TPSA) is 125 Å². The van der Waals surface area contributed by atoms with Gasteiger partial charge in [-0.15, -0.1) is 13.2 Å². The summed E-state index contributed by atoms with van der Waals surface area (Å²) in [6.07, 6.45) is 4.76. The highest BCUT2D eigenvalue weighted by Crippen LogP contribution is 2.58. The number of nitrogens with zero attached hydrogens (tertiary/aromatic N) is 2. The average molecular weight is 582 g/mol. The van der Waals surface area contributed by atoms with E-state index in [9.17, 15) is 24.3 Å². The van der Waals surface area contributed by atoms with E-state index in [0.717, 1.165) is 5.56 Å². The molecule has 3 fully saturated rings. The van der Waals surface area contributed by atoms with Crippen LogP contribution >= 0.6 is 0 Å². The Balaban J connectivity index is 1.62. The van der Waals surface area contributed by atoms with E-state index >= 15 is 0 Å². The van der Waals surface area contributed by atoms with Gasteiger partial charge in [0.1, 0.15) is 18.2 Å². The van der Waals surface area contributed by atoms with E-state index in [1.54, 1.807) is 17.1 Å². The zero-order valence-electron chi connectivity index (χ0n) is 24.6. The highest BCUT2D eigenvalue weighted by Gasteiger charge is 2.74. The van der Waals surface area contributed by atoms with Gasteiger partial charge in [0.15, 0.2) is 0 Å². The molecule has 2 N–H and O–H groups in total. The summed E-state index contributed by atoms with van der Waals surface area (Å²) >= 11 is 0. The number of carbonyl (C=O) groups is 4. The summed E-state index contributed by atoms with van der Waals surface area (Å²) in [6.45, 7) is 11.5. The molecule has 0 aliphatic carbocycles. The lowest BCUT2D eigenvalue weighted by atomic mass is 9.70. The third-order valence-corrected chi connectivity index (χ3v) is 8.61. The molecule has 3 aliphatic rings. The summed E-state index contributed by atoms with van der Waals surface area (Å²) in [6, 6.07) is 7.54. The van der Waals surface area contributed by atoms with Gasteiger partial charge in [-0.2, -0.15) is 0 Å². The van der Waals surface area contributed by atoms with Crippen LogP contribution in [-0.2, 0) is 28.7 Å². The SMILES string of the molecule is C=CCCC(=O)OC[C@@H](NC(=O)[C@@H]1[C@H]2C(=O)N(CCCO)[C@H](C(=O)N(CC=C)C(C)C)[C@]23CC[C@H]1O3)c1ccccc1. The van der Waals surface area contributed by atoms with E-state index < -0.39 is 41.6 Å². The smallest absolute Gasteiger partial charge is 0.306 e. The molecule has 1 aromatic carbocycles. The van der Waals surface area contributed by atoms with Crippen molar-refractivity contribution >= 4 is 23.7 Å². The molecule has 3 saturated heterocycles. The van der Waals surface area contributed by atoms with Crippen molar-refractivity contribution in [3.8, 4) is 0 Å². The Kier molecular flexibility index (Phi) is 10.2. The first-order valence-electron chi connectivity index (χ1n) is 14.8. The van der Waals surface area contributed by atoms with Gasteiger partial charge in [0, 0.05) is 32.2 Å². The van der Waals surface area contributed by atoms with Crippen LogP contribution in [0.25, 0.3) is 0 Å². The molecule has 0 aromatic heterocycles. The summed E-state index contributed by atoms with van der Waals surface area (Å²) in [4.78, 5) is 57.5. The van der Waals surface area contributed by atoms with Crippen molar-refractivity contribution in [2.75, 3.05) is 26.3 Å². The molecule has 3 heterocycles. The molecular formula is C32H43N3O7. The number of amides is 3. The lowest BCUT2D eigenvalue weighted by Gasteiger charge is -2.38. The van der Waals surface area contributed by atoms with Crippen molar-refractivity contribution < 1.29 is 33.8 Å². The number of nitrogens with one attached hydrogen (secondary N) is 1. The van der Waals surface area contributed by atoms with Gasteiger partial charge in [-0.25, -0.2) is 0 Å². The molecule has 0 radical (unpaired) electrons. The minimum atomic E-state index is -1.13. The van der Waals surface area contributed by atoms with Crippen LogP contribution in [0.1, 0.15) is 57.6 Å². The summed E-state index contributed by atoms with van der Waals surface area (Å²) in [7, 11) is 0. The predicted octanol–water partition coefficient (Wildman–Crippen LogP) is 2.53. The van der Waals surface area contributed by atoms with E-state index in [1.165, 1.54) is 4.90 Å². The van der Waals surface area contributed by atoms with Gasteiger partial charge < -0.3 is 29.7 Å². The second-order valence-corrected chi connectivity index (χ2v) is 11.5. The molecule has 6 atom stereocenters. The molecule has 10 heteroatoms. The number of aliphatic hydroxyl groups is 1. The molecule has 1 spiro atoms. The second-order valence-electron chi connectivity index (χ2n) is 11.5. The minimum Gasteiger partial charge on any atom is -0.463 e. The molecule has 2 bridgehead atoms. The summed E-state index contributed by atoms with van der Waals surface area (Å²) in [5.74, 6) is -2.97. The number of ether oxygens (including phenoxy) is 2. The monoisotopic (exact) mass is 581 g/mol. The zero-order chi connectivity index (χ0) is 30.4. The van der Waals surface area contributed by atoms with Crippen molar-refractivity contribution in [2.45, 2.75) is 75.8 Å². The van der Waals surface area contributed by atoms with Gasteiger partial charge in [0.05, 0.1) is 24.0 Å². The van der Waals surface area contributed by atoms with Crippen molar-refractivity contribution in [2.24, 2.45) is 11.8 Å². The molecule has 1 aromatic rings. The van der Waals surface area contributed by atoms with Gasteiger partial charge in [-0.1, -0.05) is 42.5 Å². The van der Waals surface area contributed by atoms with Gasteiger partial charge >= 0.3 is 5.97 Å². The van der Waals surface area contributed by atoms with Crippen molar-refractivity contribution in [1.82, 2.24) is 15.1 Å². The maximum atomic E-state index is 14.1. The van der Waals surface area contributed by atoms with Gasteiger partial charge in [-0.05, 0) is 45.1 Å². The molecule has 4 rings (SSSR count). The third kappa shape index (κ3) is 6.01. The van der Waals surface area contributed by atoms with E-state index in [1.807, 2.05) is 44.2 Å². The number of allylic oxidation sites excluding steroid dienone is 1. The fraction of sp³-hybridized carbons (Fsp3) is 0.562. The predicted molar refractivity (Wildman–Crippen MR) is 156 cm³/mol. The minimum absolute atomic E-state index is 0.0671. The largest absolute Gasteiger partial charge is 0.463 e. The highest BCUT2D eigenvalue weighted by molar-refractivity contribution is 5.99. The average Bonchev–Trinajstić information content (AvgIpc) is 3.62. The highest BCUT2D eigenvalue weighted by atomic mass is 16.5. The van der Waals surface area contributed by atoms with E-state index in [4.69, 9.17) is 9.47 Å². The number of esters is 1. The molecular weight excluding hydrogens is 538 g/mol. The Hall–Kier alpha value is -3.50. The quantitative estimate of drug-likeness (QED) is 0.241. The number of aliphatic hydroxyl groups excluding tert-OH is 1. The van der Waals surface area contributed by atoms with Crippen LogP contribution in [0, 0.1) is 11.8 Å². The molecule has 3 amide bonds. The number of fused-ring (bicyclic) bond motifs is 1. The van der Waals surface area contributed by atoms with Crippen LogP contribution < -0.4 is 5.32 Å². The normalized spacial score (nSPS) is 26.6. The van der Waals surface area contributed by atoms with Crippen molar-refractivity contribution in [3.63, 3.8) is 0 Å². The summed E-state index contributed by atoms with van der Waals surface area (Å²) < 4.78 is 12.0. The number of carbonyl (C=O) groups excluding carboxylic acids is 4. The number of benzene rings is 1. The Labute approximate surface area is 247 Å². The number of hydrogen-bond donors (Lipinski definition) is 2. The van der Waals surface area contributed by atoms with Crippen LogP contribution in [0.5, 0.6) is 0 Å². The van der Waals surface area contributed by atoms with Gasteiger partial charge in [0.2, 0.25) is 17.7 Å². The Morgan fingerprint density at radius 3 is 2.62 bits per heavy atom. The van der Waals surface area contributed by atoms with Gasteiger partial charge in [0.25, 0.3) is 0 Å². The maximum absolute atomic E-state index is 14.1. The van der Waals surface area contributed by atoms with Crippen LogP contribution in [0.3, 0.4) is 0 Å². The molecule has 10 nitrogen and oxygen atoms in total. The number of hydrogen-bond acceptors (Lipinski definition) is 7. The number of rotatable bonds is 15. The third-order valence-electron chi connectivity index (χ3n) is 8.61. The van der Waals surface area contributed by atoms with Crippen molar-refractivity contribution in [3.05, 3.63) is 61.2 Å². The Morgan fingerprint density at radius 1 is 1.24 bits per heavy atom. The zero-order valence-corrected chi connectivity index (χ0v) is 24.6. The van der Waals surface area contributed by atoms with Crippen LogP contribution in [0.2, 0.25) is 0 Å². The van der Waals surface area contributed by atoms with Crippen LogP contribution in [0.15, 0.2) is 55.6 Å². The molecule has 228 valence electrons. The fourth-order valence-electron chi connectivity index (χ4n) is 6.71. The van der Waals surface area contributed by atoms with Gasteiger partial charge in [-0.3, -0.25) is 19.2 Å². The van der Waals surface area contributed by atoms with Crippen LogP contribution in [-0.4, -0.2) is 88.7 Å². The molecule has 0 unspecified atom stereocenters. The molecule has 0 saturated carbocycles. The first-order chi connectivity index (χ1) is 20.2. The second kappa shape index (κ2) is 13.6. The summed E-state index contributed by atoms with van der Waals surface area (Å²) in [5, 5.41) is 12.6. The lowest BCUT2D eigenvalue weighted by Crippen LogP contribution is -2.57.